The molecule has 0 saturated heterocycles. The van der Waals surface area contributed by atoms with E-state index in [-0.39, 0.29) is 43.5 Å². The van der Waals surface area contributed by atoms with E-state index >= 15 is 0 Å². The quantitative estimate of drug-likeness (QED) is 0.0586. The topological polar surface area (TPSA) is 63.3 Å². The average Bonchev–Trinajstić information content (AvgIpc) is 3.45. The van der Waals surface area contributed by atoms with Crippen molar-refractivity contribution in [1.82, 2.24) is 4.98 Å². The van der Waals surface area contributed by atoms with Gasteiger partial charge in [0.25, 0.3) is 0 Å². The van der Waals surface area contributed by atoms with Crippen LogP contribution in [-0.2, 0) is 24.9 Å². The first-order valence-corrected chi connectivity index (χ1v) is 25.5. The van der Waals surface area contributed by atoms with E-state index in [9.17, 15) is 9.90 Å². The molecule has 2 aromatic heterocycles. The number of aliphatic hydroxyl groups excluding tert-OH is 1. The maximum Gasteiger partial charge on any atom is 0.162 e. The third-order valence-corrected chi connectivity index (χ3v) is 16.1. The molecule has 0 unspecified atom stereocenters. The number of fused-ring (bicyclic) bond motifs is 2. The van der Waals surface area contributed by atoms with Crippen LogP contribution in [0.4, 0.5) is 0 Å². The van der Waals surface area contributed by atoms with Crippen LogP contribution in [0.5, 0.6) is 0 Å². The van der Waals surface area contributed by atoms with Crippen LogP contribution in [-0.4, -0.2) is 32.0 Å². The fourth-order valence-corrected chi connectivity index (χ4v) is 11.0. The third-order valence-electron chi connectivity index (χ3n) is 10.7. The molecule has 5 rings (SSSR count). The summed E-state index contributed by atoms with van der Waals surface area (Å²) in [6, 6.07) is 25.9. The Hall–Kier alpha value is -3.10. The van der Waals surface area contributed by atoms with E-state index in [1.54, 1.807) is 0 Å². The predicted molar refractivity (Wildman–Crippen MR) is 225 cm³/mol. The Morgan fingerprint density at radius 1 is 0.846 bits per heavy atom. The maximum absolute atomic E-state index is 11.7. The summed E-state index contributed by atoms with van der Waals surface area (Å²) in [6.07, 6.45) is 6.82. The second kappa shape index (κ2) is 18.3. The summed E-state index contributed by atoms with van der Waals surface area (Å²) in [5, 5.41) is 17.3. The zero-order chi connectivity index (χ0) is 37.7. The Balaban J connectivity index is 0.000000389. The SMILES string of the molecule is CCC(CC)C(=O)/C=C(\O)C(CC)CC.Cc1c([Si](C)(C)c2ccc([Si](C)(C)C)cc2)oc2c(-c3[c-]c4ccccc4c(C(C)C)c3)nccc12.[Ir]. The minimum atomic E-state index is -2.05. The Kier molecular flexibility index (Phi) is 15.2. The molecule has 0 atom stereocenters. The minimum Gasteiger partial charge on any atom is -0.512 e. The van der Waals surface area contributed by atoms with Crippen LogP contribution >= 0.6 is 0 Å². The normalized spacial score (nSPS) is 12.4. The van der Waals surface area contributed by atoms with Crippen molar-refractivity contribution in [2.24, 2.45) is 11.8 Å². The maximum atomic E-state index is 11.7. The van der Waals surface area contributed by atoms with E-state index in [1.165, 1.54) is 33.0 Å². The van der Waals surface area contributed by atoms with E-state index in [1.807, 2.05) is 33.9 Å². The number of aryl methyl sites for hydroxylation is 1. The first-order chi connectivity index (χ1) is 24.1. The molecule has 5 aromatic rings. The summed E-state index contributed by atoms with van der Waals surface area (Å²) in [5.74, 6) is 0.952. The fraction of sp³-hybridized carbons (Fsp3) is 0.422. The van der Waals surface area contributed by atoms with Gasteiger partial charge in [-0.1, -0.05) is 138 Å². The minimum absolute atomic E-state index is 0. The Labute approximate surface area is 328 Å². The van der Waals surface area contributed by atoms with Crippen molar-refractivity contribution in [3.05, 3.63) is 95.9 Å². The number of carbonyl (C=O) groups is 1. The van der Waals surface area contributed by atoms with Gasteiger partial charge in [0.1, 0.15) is 5.58 Å². The van der Waals surface area contributed by atoms with Crippen LogP contribution in [0, 0.1) is 24.8 Å². The number of hydrogen-bond acceptors (Lipinski definition) is 4. The molecule has 1 N–H and O–H groups in total. The molecule has 0 bridgehead atoms. The second-order valence-corrected chi connectivity index (χ2v) is 25.2. The number of aromatic nitrogens is 1. The van der Waals surface area contributed by atoms with Crippen molar-refractivity contribution in [2.45, 2.75) is 113 Å². The molecule has 7 heteroatoms. The molecule has 0 aliphatic carbocycles. The van der Waals surface area contributed by atoms with Crippen LogP contribution in [0.2, 0.25) is 32.7 Å². The van der Waals surface area contributed by atoms with Gasteiger partial charge in [-0.2, -0.15) is 0 Å². The number of nitrogens with zero attached hydrogens (tertiary/aromatic N) is 1. The predicted octanol–water partition coefficient (Wildman–Crippen LogP) is 11.1. The smallest absolute Gasteiger partial charge is 0.162 e. The zero-order valence-corrected chi connectivity index (χ0v) is 37.9. The third kappa shape index (κ3) is 9.52. The van der Waals surface area contributed by atoms with Crippen molar-refractivity contribution < 1.29 is 34.4 Å². The van der Waals surface area contributed by atoms with Gasteiger partial charge in [0, 0.05) is 55.3 Å². The number of hydrogen-bond donors (Lipinski definition) is 1. The van der Waals surface area contributed by atoms with Crippen LogP contribution in [0.25, 0.3) is 33.0 Å². The summed E-state index contributed by atoms with van der Waals surface area (Å²) in [6.45, 7) is 26.8. The van der Waals surface area contributed by atoms with Gasteiger partial charge in [-0.3, -0.25) is 9.78 Å². The largest absolute Gasteiger partial charge is 0.512 e. The van der Waals surface area contributed by atoms with Gasteiger partial charge < -0.3 is 9.52 Å². The van der Waals surface area contributed by atoms with Crippen molar-refractivity contribution in [1.29, 1.82) is 0 Å². The van der Waals surface area contributed by atoms with Gasteiger partial charge in [0.15, 0.2) is 13.9 Å². The monoisotopic (exact) mass is 911 g/mol. The summed E-state index contributed by atoms with van der Waals surface area (Å²) >= 11 is 0. The molecule has 4 nitrogen and oxygen atoms in total. The van der Waals surface area contributed by atoms with Gasteiger partial charge in [-0.25, -0.2) is 0 Å². The summed E-state index contributed by atoms with van der Waals surface area (Å²) in [5.41, 5.74) is 5.32. The van der Waals surface area contributed by atoms with Gasteiger partial charge >= 0.3 is 0 Å². The molecule has 0 spiro atoms. The van der Waals surface area contributed by atoms with Gasteiger partial charge in [-0.05, 0) is 50.2 Å². The molecule has 0 aliphatic heterocycles. The summed E-state index contributed by atoms with van der Waals surface area (Å²) in [7, 11) is -3.38. The second-order valence-electron chi connectivity index (χ2n) is 15.9. The molecule has 0 fully saturated rings. The number of pyridine rings is 1. The van der Waals surface area contributed by atoms with Gasteiger partial charge in [0.05, 0.1) is 19.2 Å². The first kappa shape index (κ1) is 43.3. The number of ketones is 1. The molecule has 0 amide bonds. The number of benzene rings is 3. The van der Waals surface area contributed by atoms with Crippen LogP contribution < -0.4 is 15.8 Å². The fourth-order valence-electron chi connectivity index (χ4n) is 7.10. The molecule has 1 radical (unpaired) electrons. The van der Waals surface area contributed by atoms with Crippen molar-refractivity contribution >= 4 is 59.4 Å². The molecular formula is C45H60IrNO3Si2-. The van der Waals surface area contributed by atoms with E-state index in [2.05, 4.69) is 120 Å². The van der Waals surface area contributed by atoms with E-state index < -0.39 is 16.1 Å². The average molecular weight is 911 g/mol. The summed E-state index contributed by atoms with van der Waals surface area (Å²) < 4.78 is 6.80. The van der Waals surface area contributed by atoms with Crippen LogP contribution in [0.3, 0.4) is 0 Å². The van der Waals surface area contributed by atoms with E-state index in [0.717, 1.165) is 58.7 Å². The van der Waals surface area contributed by atoms with Crippen molar-refractivity contribution in [3.63, 3.8) is 0 Å². The van der Waals surface area contributed by atoms with Gasteiger partial charge in [0.2, 0.25) is 0 Å². The molecule has 3 aromatic carbocycles. The van der Waals surface area contributed by atoms with Crippen LogP contribution in [0.1, 0.15) is 84.3 Å². The number of rotatable bonds is 12. The number of allylic oxidation sites excluding steroid dienone is 2. The van der Waals surface area contributed by atoms with Crippen LogP contribution in [0.15, 0.2) is 83.1 Å². The number of carbonyl (C=O) groups excluding carboxylic acids is 1. The molecule has 2 heterocycles. The molecule has 0 aliphatic rings. The Morgan fingerprint density at radius 2 is 1.42 bits per heavy atom. The number of aliphatic hydroxyl groups is 1. The molecule has 0 saturated carbocycles. The van der Waals surface area contributed by atoms with Gasteiger partial charge in [-0.15, -0.1) is 29.1 Å². The molecular weight excluding hydrogens is 851 g/mol. The van der Waals surface area contributed by atoms with E-state index in [4.69, 9.17) is 9.40 Å². The number of furan rings is 1. The Bertz CT molecular complexity index is 1980. The zero-order valence-electron chi connectivity index (χ0n) is 33.5. The van der Waals surface area contributed by atoms with Crippen molar-refractivity contribution in [2.75, 3.05) is 0 Å². The first-order valence-electron chi connectivity index (χ1n) is 19.0. The standard InChI is InChI=1S/C32H36NOSi2.C13H24O2.Ir/c1-21(2)29-20-24(19-23-11-9-10-12-28(23)29)30-31-27(17-18-33-30)22(3)32(34-31)36(7,8)26-15-13-25(14-16-26)35(4,5)6;1-5-10(6-2)12(14)9-13(15)11(7-3)8-4;/h9-18,20-21H,1-8H3;9-11,14H,5-8H2,1-4H3;/q-1;;/b;12-9-;. The molecule has 52 heavy (non-hydrogen) atoms. The van der Waals surface area contributed by atoms with Crippen molar-refractivity contribution in [3.8, 4) is 11.3 Å². The summed E-state index contributed by atoms with van der Waals surface area (Å²) in [4.78, 5) is 16.5. The molecule has 281 valence electrons. The van der Waals surface area contributed by atoms with E-state index in [0.29, 0.717) is 5.92 Å². The Morgan fingerprint density at radius 3 is 1.98 bits per heavy atom.